The summed E-state index contributed by atoms with van der Waals surface area (Å²) in [6.45, 7) is 10.3. The molecule has 1 amide bonds. The molecule has 0 spiro atoms. The third-order valence-electron chi connectivity index (χ3n) is 3.85. The lowest BCUT2D eigenvalue weighted by atomic mass is 10.1. The van der Waals surface area contributed by atoms with Gasteiger partial charge in [0.25, 0.3) is 5.91 Å². The normalized spacial score (nSPS) is 11.2. The van der Waals surface area contributed by atoms with Gasteiger partial charge in [-0.3, -0.25) is 9.89 Å². The van der Waals surface area contributed by atoms with Crippen molar-refractivity contribution in [1.82, 2.24) is 15.6 Å². The van der Waals surface area contributed by atoms with Crippen molar-refractivity contribution in [3.8, 4) is 0 Å². The zero-order chi connectivity index (χ0) is 17.5. The maximum Gasteiger partial charge on any atom is 0.291 e. The highest BCUT2D eigenvalue weighted by Crippen LogP contribution is 2.14. The number of nitrogens with one attached hydrogen (secondary N) is 2. The summed E-state index contributed by atoms with van der Waals surface area (Å²) in [5.74, 6) is -0.0268. The maximum absolute atomic E-state index is 12.0. The zero-order valence-corrected chi connectivity index (χ0v) is 14.7. The van der Waals surface area contributed by atoms with E-state index in [4.69, 9.17) is 0 Å². The zero-order valence-electron chi connectivity index (χ0n) is 14.7. The second kappa shape index (κ2) is 8.29. The minimum Gasteiger partial charge on any atom is -0.372 e. The van der Waals surface area contributed by atoms with Gasteiger partial charge in [0.15, 0.2) is 5.69 Å². The highest BCUT2D eigenvalue weighted by Gasteiger charge is 2.11. The maximum atomic E-state index is 12.0. The molecule has 1 aromatic carbocycles. The predicted molar refractivity (Wildman–Crippen MR) is 97.7 cm³/mol. The van der Waals surface area contributed by atoms with Gasteiger partial charge >= 0.3 is 0 Å². The van der Waals surface area contributed by atoms with Crippen molar-refractivity contribution >= 4 is 17.8 Å². The number of aromatic nitrogens is 2. The van der Waals surface area contributed by atoms with Crippen LogP contribution in [0.25, 0.3) is 0 Å². The second-order valence-corrected chi connectivity index (χ2v) is 5.83. The van der Waals surface area contributed by atoms with Gasteiger partial charge in [0, 0.05) is 24.5 Å². The van der Waals surface area contributed by atoms with Crippen LogP contribution in [0.1, 0.15) is 55.4 Å². The van der Waals surface area contributed by atoms with Crippen LogP contribution in [0.2, 0.25) is 0 Å². The topological polar surface area (TPSA) is 73.4 Å². The Morgan fingerprint density at radius 2 is 1.96 bits per heavy atom. The molecule has 0 saturated carbocycles. The van der Waals surface area contributed by atoms with E-state index in [1.165, 1.54) is 5.69 Å². The fourth-order valence-electron chi connectivity index (χ4n) is 2.33. The van der Waals surface area contributed by atoms with E-state index in [1.807, 2.05) is 26.0 Å². The standard InChI is InChI=1S/C18H25N5O/c1-5-23(6-2)15-9-7-14(8-10-15)12-19-22-18(24)17-11-16(13(3)4)20-21-17/h7-13H,5-6H2,1-4H3,(H,20,21)(H,22,24)/b19-12-. The summed E-state index contributed by atoms with van der Waals surface area (Å²) < 4.78 is 0. The highest BCUT2D eigenvalue weighted by atomic mass is 16.2. The first-order valence-electron chi connectivity index (χ1n) is 8.28. The summed E-state index contributed by atoms with van der Waals surface area (Å²) in [6, 6.07) is 9.81. The summed E-state index contributed by atoms with van der Waals surface area (Å²) in [6.07, 6.45) is 1.62. The van der Waals surface area contributed by atoms with Crippen LogP contribution in [0, 0.1) is 0 Å². The number of benzene rings is 1. The van der Waals surface area contributed by atoms with Gasteiger partial charge in [0.2, 0.25) is 0 Å². The number of hydrogen-bond donors (Lipinski definition) is 2. The van der Waals surface area contributed by atoms with Gasteiger partial charge in [-0.25, -0.2) is 5.43 Å². The van der Waals surface area contributed by atoms with Gasteiger partial charge < -0.3 is 4.90 Å². The number of aromatic amines is 1. The Hall–Kier alpha value is -2.63. The van der Waals surface area contributed by atoms with Crippen LogP contribution < -0.4 is 10.3 Å². The molecule has 0 aliphatic carbocycles. The average Bonchev–Trinajstić information content (AvgIpc) is 3.08. The largest absolute Gasteiger partial charge is 0.372 e. The molecule has 128 valence electrons. The fourth-order valence-corrected chi connectivity index (χ4v) is 2.33. The van der Waals surface area contributed by atoms with Crippen LogP contribution in [-0.2, 0) is 0 Å². The van der Waals surface area contributed by atoms with Crippen LogP contribution in [0.15, 0.2) is 35.4 Å². The number of nitrogens with zero attached hydrogens (tertiary/aromatic N) is 3. The van der Waals surface area contributed by atoms with E-state index in [-0.39, 0.29) is 5.91 Å². The first-order chi connectivity index (χ1) is 11.5. The van der Waals surface area contributed by atoms with Crippen LogP contribution >= 0.6 is 0 Å². The van der Waals surface area contributed by atoms with Crippen LogP contribution in [0.4, 0.5) is 5.69 Å². The minimum atomic E-state index is -0.325. The number of carbonyl (C=O) groups excluding carboxylic acids is 1. The molecule has 0 unspecified atom stereocenters. The monoisotopic (exact) mass is 327 g/mol. The Labute approximate surface area is 143 Å². The number of hydrazone groups is 1. The number of amides is 1. The Kier molecular flexibility index (Phi) is 6.12. The molecule has 1 aromatic heterocycles. The molecule has 24 heavy (non-hydrogen) atoms. The van der Waals surface area contributed by atoms with Crippen molar-refractivity contribution in [2.75, 3.05) is 18.0 Å². The minimum absolute atomic E-state index is 0.298. The lowest BCUT2D eigenvalue weighted by Gasteiger charge is -2.20. The molecule has 0 atom stereocenters. The molecule has 0 fully saturated rings. The first kappa shape index (κ1) is 17.7. The van der Waals surface area contributed by atoms with Gasteiger partial charge in [-0.15, -0.1) is 0 Å². The Morgan fingerprint density at radius 1 is 1.29 bits per heavy atom. The molecule has 0 radical (unpaired) electrons. The van der Waals surface area contributed by atoms with Crippen molar-refractivity contribution in [3.63, 3.8) is 0 Å². The predicted octanol–water partition coefficient (Wildman–Crippen LogP) is 3.14. The van der Waals surface area contributed by atoms with Crippen LogP contribution in [0.3, 0.4) is 0 Å². The third kappa shape index (κ3) is 4.44. The molecule has 0 aliphatic heterocycles. The van der Waals surface area contributed by atoms with E-state index in [0.29, 0.717) is 11.6 Å². The second-order valence-electron chi connectivity index (χ2n) is 5.83. The molecular weight excluding hydrogens is 302 g/mol. The van der Waals surface area contributed by atoms with Gasteiger partial charge in [-0.05, 0) is 43.5 Å². The lowest BCUT2D eigenvalue weighted by Crippen LogP contribution is -2.21. The van der Waals surface area contributed by atoms with E-state index in [1.54, 1.807) is 12.3 Å². The van der Waals surface area contributed by atoms with E-state index in [0.717, 1.165) is 24.3 Å². The fraction of sp³-hybridized carbons (Fsp3) is 0.389. The van der Waals surface area contributed by atoms with Gasteiger partial charge in [0.1, 0.15) is 0 Å². The SMILES string of the molecule is CCN(CC)c1ccc(/C=N\NC(=O)c2cc(C(C)C)[nH]n2)cc1. The van der Waals surface area contributed by atoms with Gasteiger partial charge in [-0.2, -0.15) is 10.2 Å². The van der Waals surface area contributed by atoms with Crippen LogP contribution in [-0.4, -0.2) is 35.4 Å². The molecule has 1 heterocycles. The number of rotatable bonds is 7. The molecule has 2 rings (SSSR count). The van der Waals surface area contributed by atoms with E-state index in [9.17, 15) is 4.79 Å². The molecule has 2 N–H and O–H groups in total. The molecule has 0 bridgehead atoms. The molecular formula is C18H25N5O. The number of carbonyl (C=O) groups is 1. The summed E-state index contributed by atoms with van der Waals surface area (Å²) >= 11 is 0. The highest BCUT2D eigenvalue weighted by molar-refractivity contribution is 5.93. The quantitative estimate of drug-likeness (QED) is 0.606. The smallest absolute Gasteiger partial charge is 0.291 e. The van der Waals surface area contributed by atoms with Crippen molar-refractivity contribution in [2.45, 2.75) is 33.6 Å². The van der Waals surface area contributed by atoms with Crippen LogP contribution in [0.5, 0.6) is 0 Å². The summed E-state index contributed by atoms with van der Waals surface area (Å²) in [7, 11) is 0. The number of hydrogen-bond acceptors (Lipinski definition) is 4. The van der Waals surface area contributed by atoms with Crippen molar-refractivity contribution in [1.29, 1.82) is 0 Å². The molecule has 0 saturated heterocycles. The molecule has 6 nitrogen and oxygen atoms in total. The Morgan fingerprint density at radius 3 is 2.50 bits per heavy atom. The number of anilines is 1. The third-order valence-corrected chi connectivity index (χ3v) is 3.85. The van der Waals surface area contributed by atoms with Crippen molar-refractivity contribution < 1.29 is 4.79 Å². The van der Waals surface area contributed by atoms with Crippen molar-refractivity contribution in [3.05, 3.63) is 47.3 Å². The van der Waals surface area contributed by atoms with Gasteiger partial charge in [0.05, 0.1) is 6.21 Å². The summed E-state index contributed by atoms with van der Waals surface area (Å²) in [4.78, 5) is 14.2. The lowest BCUT2D eigenvalue weighted by molar-refractivity contribution is 0.0950. The molecule has 0 aliphatic rings. The molecule has 6 heteroatoms. The first-order valence-corrected chi connectivity index (χ1v) is 8.28. The van der Waals surface area contributed by atoms with Gasteiger partial charge in [-0.1, -0.05) is 26.0 Å². The van der Waals surface area contributed by atoms with E-state index in [2.05, 4.69) is 51.6 Å². The Balaban J connectivity index is 1.94. The average molecular weight is 327 g/mol. The van der Waals surface area contributed by atoms with E-state index >= 15 is 0 Å². The number of H-pyrrole nitrogens is 1. The molecule has 2 aromatic rings. The van der Waals surface area contributed by atoms with E-state index < -0.39 is 0 Å². The Bertz CT molecular complexity index is 684. The van der Waals surface area contributed by atoms with Crippen molar-refractivity contribution in [2.24, 2.45) is 5.10 Å². The summed E-state index contributed by atoms with van der Waals surface area (Å²) in [5, 5.41) is 10.8. The summed E-state index contributed by atoms with van der Waals surface area (Å²) in [5.41, 5.74) is 5.87.